The lowest BCUT2D eigenvalue weighted by atomic mass is 9.70. The Balaban J connectivity index is 1.44. The molecule has 1 N–H and O–H groups in total. The Morgan fingerprint density at radius 1 is 1.25 bits per heavy atom. The second kappa shape index (κ2) is 9.51. The van der Waals surface area contributed by atoms with Gasteiger partial charge in [0, 0.05) is 25.6 Å². The maximum absolute atomic E-state index is 12.5. The molecule has 1 amide bonds. The van der Waals surface area contributed by atoms with Gasteiger partial charge in [-0.25, -0.2) is 4.98 Å². The molecule has 32 heavy (non-hydrogen) atoms. The molecule has 0 aliphatic heterocycles. The Hall–Kier alpha value is -3.22. The van der Waals surface area contributed by atoms with Crippen LogP contribution in [0.4, 0.5) is 0 Å². The summed E-state index contributed by atoms with van der Waals surface area (Å²) in [5.74, 6) is 2.77. The first-order chi connectivity index (χ1) is 15.4. The SMILES string of the molecule is CC1=CC(CNC(=O)c2ccccc2)C(C(C)C)CC1Cc1nnc(-c2cncn2C)o1. The minimum atomic E-state index is -0.0187. The van der Waals surface area contributed by atoms with Crippen LogP contribution in [0.2, 0.25) is 0 Å². The van der Waals surface area contributed by atoms with Crippen LogP contribution in [0.1, 0.15) is 43.4 Å². The van der Waals surface area contributed by atoms with E-state index in [9.17, 15) is 4.79 Å². The maximum Gasteiger partial charge on any atom is 0.265 e. The van der Waals surface area contributed by atoms with E-state index in [1.807, 2.05) is 41.9 Å². The van der Waals surface area contributed by atoms with Crippen molar-refractivity contribution in [3.63, 3.8) is 0 Å². The van der Waals surface area contributed by atoms with Crippen molar-refractivity contribution in [1.82, 2.24) is 25.1 Å². The molecule has 1 aromatic carbocycles. The molecule has 2 aromatic heterocycles. The number of hydrogen-bond acceptors (Lipinski definition) is 5. The van der Waals surface area contributed by atoms with Gasteiger partial charge in [0.1, 0.15) is 5.69 Å². The molecule has 0 spiro atoms. The summed E-state index contributed by atoms with van der Waals surface area (Å²) in [6.07, 6.45) is 7.54. The van der Waals surface area contributed by atoms with E-state index in [0.29, 0.717) is 47.6 Å². The quantitative estimate of drug-likeness (QED) is 0.562. The first-order valence-electron chi connectivity index (χ1n) is 11.2. The zero-order valence-electron chi connectivity index (χ0n) is 19.2. The van der Waals surface area contributed by atoms with Crippen molar-refractivity contribution in [1.29, 1.82) is 0 Å². The van der Waals surface area contributed by atoms with Gasteiger partial charge in [-0.3, -0.25) is 4.79 Å². The van der Waals surface area contributed by atoms with Crippen molar-refractivity contribution in [3.8, 4) is 11.6 Å². The van der Waals surface area contributed by atoms with Crippen molar-refractivity contribution in [2.45, 2.75) is 33.6 Å². The zero-order valence-corrected chi connectivity index (χ0v) is 19.2. The van der Waals surface area contributed by atoms with Gasteiger partial charge in [0.15, 0.2) is 0 Å². The molecule has 2 heterocycles. The topological polar surface area (TPSA) is 85.8 Å². The number of carbonyl (C=O) groups excluding carboxylic acids is 1. The summed E-state index contributed by atoms with van der Waals surface area (Å²) in [6, 6.07) is 9.38. The molecule has 168 valence electrons. The van der Waals surface area contributed by atoms with Crippen molar-refractivity contribution >= 4 is 5.91 Å². The molecule has 3 aromatic rings. The van der Waals surface area contributed by atoms with Gasteiger partial charge in [-0.15, -0.1) is 10.2 Å². The van der Waals surface area contributed by atoms with Crippen LogP contribution in [0.3, 0.4) is 0 Å². The van der Waals surface area contributed by atoms with E-state index in [0.717, 1.165) is 18.5 Å². The third-order valence-electron chi connectivity index (χ3n) is 6.54. The highest BCUT2D eigenvalue weighted by Crippen LogP contribution is 2.38. The van der Waals surface area contributed by atoms with Crippen molar-refractivity contribution in [2.24, 2.45) is 30.7 Å². The highest BCUT2D eigenvalue weighted by molar-refractivity contribution is 5.94. The van der Waals surface area contributed by atoms with Gasteiger partial charge in [0.2, 0.25) is 5.89 Å². The lowest BCUT2D eigenvalue weighted by Crippen LogP contribution is -2.37. The Labute approximate surface area is 189 Å². The summed E-state index contributed by atoms with van der Waals surface area (Å²) in [5.41, 5.74) is 2.83. The Morgan fingerprint density at radius 3 is 2.72 bits per heavy atom. The van der Waals surface area contributed by atoms with Crippen LogP contribution >= 0.6 is 0 Å². The molecule has 0 radical (unpaired) electrons. The monoisotopic (exact) mass is 433 g/mol. The van der Waals surface area contributed by atoms with Gasteiger partial charge in [-0.2, -0.15) is 0 Å². The van der Waals surface area contributed by atoms with Crippen LogP contribution in [0, 0.1) is 23.7 Å². The molecule has 0 fully saturated rings. The highest BCUT2D eigenvalue weighted by atomic mass is 16.4. The molecule has 3 unspecified atom stereocenters. The molecule has 0 saturated carbocycles. The highest BCUT2D eigenvalue weighted by Gasteiger charge is 2.32. The van der Waals surface area contributed by atoms with Crippen LogP contribution in [0.25, 0.3) is 11.6 Å². The fourth-order valence-electron chi connectivity index (χ4n) is 4.62. The molecule has 0 saturated heterocycles. The van der Waals surface area contributed by atoms with Crippen LogP contribution < -0.4 is 5.32 Å². The molecule has 4 rings (SSSR count). The van der Waals surface area contributed by atoms with Crippen LogP contribution in [0.15, 0.2) is 58.9 Å². The number of aromatic nitrogens is 4. The van der Waals surface area contributed by atoms with Crippen molar-refractivity contribution in [3.05, 3.63) is 66.0 Å². The fourth-order valence-corrected chi connectivity index (χ4v) is 4.62. The number of aryl methyl sites for hydroxylation is 1. The minimum absolute atomic E-state index is 0.0187. The molecule has 7 heteroatoms. The summed E-state index contributed by atoms with van der Waals surface area (Å²) in [7, 11) is 1.91. The number of nitrogens with one attached hydrogen (secondary N) is 1. The van der Waals surface area contributed by atoms with Crippen molar-refractivity contribution < 1.29 is 9.21 Å². The second-order valence-corrected chi connectivity index (χ2v) is 9.09. The van der Waals surface area contributed by atoms with Gasteiger partial charge >= 0.3 is 0 Å². The van der Waals surface area contributed by atoms with Gasteiger partial charge in [-0.1, -0.05) is 43.7 Å². The molecule has 1 aliphatic rings. The van der Waals surface area contributed by atoms with E-state index in [2.05, 4.69) is 47.3 Å². The number of amides is 1. The van der Waals surface area contributed by atoms with Crippen LogP contribution in [-0.4, -0.2) is 32.2 Å². The van der Waals surface area contributed by atoms with Crippen molar-refractivity contribution in [2.75, 3.05) is 6.54 Å². The van der Waals surface area contributed by atoms with E-state index in [-0.39, 0.29) is 5.91 Å². The Kier molecular flexibility index (Phi) is 6.53. The lowest BCUT2D eigenvalue weighted by molar-refractivity contribution is 0.0939. The van der Waals surface area contributed by atoms with Gasteiger partial charge in [-0.05, 0) is 49.1 Å². The van der Waals surface area contributed by atoms with E-state index in [1.54, 1.807) is 12.5 Å². The number of imidazole rings is 1. The summed E-state index contributed by atoms with van der Waals surface area (Å²) in [5, 5.41) is 11.6. The maximum atomic E-state index is 12.5. The van der Waals surface area contributed by atoms with Gasteiger partial charge in [0.05, 0.1) is 12.5 Å². The summed E-state index contributed by atoms with van der Waals surface area (Å²) < 4.78 is 7.81. The predicted octanol–water partition coefficient (Wildman–Crippen LogP) is 4.30. The van der Waals surface area contributed by atoms with Crippen LogP contribution in [-0.2, 0) is 13.5 Å². The van der Waals surface area contributed by atoms with E-state index < -0.39 is 0 Å². The molecule has 0 bridgehead atoms. The molecular weight excluding hydrogens is 402 g/mol. The molecular formula is C25H31N5O2. The largest absolute Gasteiger partial charge is 0.419 e. The first-order valence-corrected chi connectivity index (χ1v) is 11.2. The third kappa shape index (κ3) is 4.82. The number of allylic oxidation sites excluding steroid dienone is 1. The molecule has 3 atom stereocenters. The zero-order chi connectivity index (χ0) is 22.7. The summed E-state index contributed by atoms with van der Waals surface area (Å²) in [6.45, 7) is 7.34. The Bertz CT molecular complexity index is 1080. The summed E-state index contributed by atoms with van der Waals surface area (Å²) in [4.78, 5) is 16.6. The first kappa shape index (κ1) is 22.0. The number of nitrogens with zero attached hydrogens (tertiary/aromatic N) is 4. The second-order valence-electron chi connectivity index (χ2n) is 9.09. The average Bonchev–Trinajstić information content (AvgIpc) is 3.42. The third-order valence-corrected chi connectivity index (χ3v) is 6.54. The fraction of sp³-hybridized carbons (Fsp3) is 0.440. The number of benzene rings is 1. The summed E-state index contributed by atoms with van der Waals surface area (Å²) >= 11 is 0. The number of rotatable bonds is 7. The van der Waals surface area contributed by atoms with E-state index >= 15 is 0 Å². The van der Waals surface area contributed by atoms with E-state index in [1.165, 1.54) is 5.57 Å². The van der Waals surface area contributed by atoms with Crippen LogP contribution in [0.5, 0.6) is 0 Å². The lowest BCUT2D eigenvalue weighted by Gasteiger charge is -2.37. The standard InChI is InChI=1S/C25H31N5O2/c1-16(2)21-11-19(12-23-28-29-25(32-23)22-14-26-15-30(22)4)17(3)10-20(21)13-27-24(31)18-8-6-5-7-9-18/h5-10,14-16,19-21H,11-13H2,1-4H3,(H,27,31). The number of hydrogen-bond donors (Lipinski definition) is 1. The minimum Gasteiger partial charge on any atom is -0.419 e. The average molecular weight is 434 g/mol. The normalized spacial score (nSPS) is 20.9. The van der Waals surface area contributed by atoms with Gasteiger partial charge in [0.25, 0.3) is 11.8 Å². The van der Waals surface area contributed by atoms with E-state index in [4.69, 9.17) is 4.42 Å². The smallest absolute Gasteiger partial charge is 0.265 e. The van der Waals surface area contributed by atoms with Gasteiger partial charge < -0.3 is 14.3 Å². The molecule has 7 nitrogen and oxygen atoms in total. The Morgan fingerprint density at radius 2 is 2.03 bits per heavy atom. The number of carbonyl (C=O) groups is 1. The predicted molar refractivity (Wildman–Crippen MR) is 123 cm³/mol. The molecule has 1 aliphatic carbocycles.